The van der Waals surface area contributed by atoms with Crippen LogP contribution in [0.4, 0.5) is 0 Å². The Morgan fingerprint density at radius 3 is 2.28 bits per heavy atom. The second-order valence-corrected chi connectivity index (χ2v) is 4.59. The number of aromatic nitrogens is 1. The Bertz CT molecular complexity index is 726. The van der Waals surface area contributed by atoms with Crippen LogP contribution in [0.1, 0.15) is 27.0 Å². The molecule has 0 unspecified atom stereocenters. The molecule has 0 radical (unpaired) electrons. The number of fused-ring (bicyclic) bond motifs is 1. The minimum Gasteiger partial charge on any atom is -0.477 e. The molecule has 0 saturated heterocycles. The number of pyridine rings is 1. The molecule has 1 N–H and O–H groups in total. The summed E-state index contributed by atoms with van der Waals surface area (Å²) in [5.41, 5.74) is 2.70. The van der Waals surface area contributed by atoms with Gasteiger partial charge in [0.05, 0.1) is 5.52 Å². The Hall–Kier alpha value is -2.10. The largest absolute Gasteiger partial charge is 0.477 e. The molecule has 94 valence electrons. The standard InChI is InChI=1S/C14H15NO3/c1-7-5-6-8(2)12-10(7)9(3)11(14(17)18)13(16)15(12)4/h5-6H,1-4H3,(H,17,18). The molecule has 2 rings (SSSR count). The number of carboxylic acid groups (broad SMARTS) is 1. The van der Waals surface area contributed by atoms with E-state index < -0.39 is 11.5 Å². The summed E-state index contributed by atoms with van der Waals surface area (Å²) in [6, 6.07) is 3.89. The number of aromatic carboxylic acids is 1. The fourth-order valence-corrected chi connectivity index (χ4v) is 2.51. The molecule has 1 aromatic carbocycles. The van der Waals surface area contributed by atoms with Crippen molar-refractivity contribution in [3.8, 4) is 0 Å². The van der Waals surface area contributed by atoms with Gasteiger partial charge in [0.15, 0.2) is 0 Å². The first-order valence-corrected chi connectivity index (χ1v) is 5.69. The summed E-state index contributed by atoms with van der Waals surface area (Å²) >= 11 is 0. The molecule has 0 amide bonds. The van der Waals surface area contributed by atoms with Gasteiger partial charge in [0.25, 0.3) is 5.56 Å². The minimum absolute atomic E-state index is 0.140. The first kappa shape index (κ1) is 12.4. The van der Waals surface area contributed by atoms with Crippen LogP contribution in [0, 0.1) is 20.8 Å². The molecule has 0 aliphatic rings. The summed E-state index contributed by atoms with van der Waals surface area (Å²) in [6.07, 6.45) is 0. The number of rotatable bonds is 1. The van der Waals surface area contributed by atoms with E-state index >= 15 is 0 Å². The third kappa shape index (κ3) is 1.53. The van der Waals surface area contributed by atoms with Crippen molar-refractivity contribution in [3.63, 3.8) is 0 Å². The highest BCUT2D eigenvalue weighted by atomic mass is 16.4. The lowest BCUT2D eigenvalue weighted by Gasteiger charge is -2.14. The van der Waals surface area contributed by atoms with E-state index in [9.17, 15) is 14.7 Å². The quantitative estimate of drug-likeness (QED) is 0.837. The molecule has 18 heavy (non-hydrogen) atoms. The van der Waals surface area contributed by atoms with Gasteiger partial charge in [-0.25, -0.2) is 4.79 Å². The zero-order valence-corrected chi connectivity index (χ0v) is 10.9. The molecule has 2 aromatic rings. The van der Waals surface area contributed by atoms with E-state index in [0.717, 1.165) is 22.0 Å². The van der Waals surface area contributed by atoms with E-state index in [-0.39, 0.29) is 5.56 Å². The first-order valence-electron chi connectivity index (χ1n) is 5.69. The average molecular weight is 245 g/mol. The maximum Gasteiger partial charge on any atom is 0.341 e. The molecule has 1 aromatic heterocycles. The molecule has 4 nitrogen and oxygen atoms in total. The number of carbonyl (C=O) groups is 1. The van der Waals surface area contributed by atoms with Gasteiger partial charge >= 0.3 is 5.97 Å². The number of hydrogen-bond acceptors (Lipinski definition) is 2. The van der Waals surface area contributed by atoms with Crippen LogP contribution < -0.4 is 5.56 Å². The van der Waals surface area contributed by atoms with Gasteiger partial charge in [-0.2, -0.15) is 0 Å². The van der Waals surface area contributed by atoms with Crippen molar-refractivity contribution >= 4 is 16.9 Å². The SMILES string of the molecule is Cc1ccc(C)c2c1c(C)c(C(=O)O)c(=O)n2C. The number of aryl methyl sites for hydroxylation is 4. The lowest BCUT2D eigenvalue weighted by molar-refractivity contribution is 0.0694. The normalized spacial score (nSPS) is 10.9. The van der Waals surface area contributed by atoms with Gasteiger partial charge in [0.2, 0.25) is 0 Å². The molecule has 1 heterocycles. The molecule has 0 saturated carbocycles. The lowest BCUT2D eigenvalue weighted by Crippen LogP contribution is -2.26. The second kappa shape index (κ2) is 3.98. The lowest BCUT2D eigenvalue weighted by atomic mass is 9.98. The van der Waals surface area contributed by atoms with Gasteiger partial charge in [-0.15, -0.1) is 0 Å². The highest BCUT2D eigenvalue weighted by Gasteiger charge is 2.19. The van der Waals surface area contributed by atoms with Crippen molar-refractivity contribution in [2.45, 2.75) is 20.8 Å². The van der Waals surface area contributed by atoms with E-state index in [1.165, 1.54) is 4.57 Å². The maximum absolute atomic E-state index is 12.1. The van der Waals surface area contributed by atoms with Crippen LogP contribution in [0.2, 0.25) is 0 Å². The van der Waals surface area contributed by atoms with E-state index in [2.05, 4.69) is 0 Å². The smallest absolute Gasteiger partial charge is 0.341 e. The summed E-state index contributed by atoms with van der Waals surface area (Å²) in [7, 11) is 1.61. The van der Waals surface area contributed by atoms with Gasteiger partial charge in [-0.1, -0.05) is 12.1 Å². The Balaban J connectivity index is 3.18. The predicted octanol–water partition coefficient (Wildman–Crippen LogP) is 2.16. The summed E-state index contributed by atoms with van der Waals surface area (Å²) in [5, 5.41) is 10.0. The minimum atomic E-state index is -1.17. The van der Waals surface area contributed by atoms with Crippen molar-refractivity contribution < 1.29 is 9.90 Å². The molecular weight excluding hydrogens is 230 g/mol. The third-order valence-corrected chi connectivity index (χ3v) is 3.41. The van der Waals surface area contributed by atoms with E-state index in [1.54, 1.807) is 14.0 Å². The zero-order valence-electron chi connectivity index (χ0n) is 10.9. The van der Waals surface area contributed by atoms with Gasteiger partial charge in [0.1, 0.15) is 5.56 Å². The van der Waals surface area contributed by atoms with Crippen LogP contribution in [0.25, 0.3) is 10.9 Å². The van der Waals surface area contributed by atoms with E-state index in [0.29, 0.717) is 5.56 Å². The Kier molecular flexibility index (Phi) is 2.73. The molecule has 0 aliphatic carbocycles. The number of hydrogen-bond donors (Lipinski definition) is 1. The molecule has 0 spiro atoms. The molecule has 0 bridgehead atoms. The number of carboxylic acids is 1. The van der Waals surface area contributed by atoms with E-state index in [1.807, 2.05) is 26.0 Å². The Morgan fingerprint density at radius 1 is 1.17 bits per heavy atom. The van der Waals surface area contributed by atoms with Crippen LogP contribution in [0.3, 0.4) is 0 Å². The summed E-state index contributed by atoms with van der Waals surface area (Å²) in [4.78, 5) is 23.3. The van der Waals surface area contributed by atoms with Crippen molar-refractivity contribution in [2.24, 2.45) is 7.05 Å². The van der Waals surface area contributed by atoms with Crippen molar-refractivity contribution in [1.29, 1.82) is 0 Å². The Labute approximate surface area is 104 Å². The third-order valence-electron chi connectivity index (χ3n) is 3.41. The summed E-state index contributed by atoms with van der Waals surface area (Å²) in [5.74, 6) is -1.17. The maximum atomic E-state index is 12.1. The average Bonchev–Trinajstić information content (AvgIpc) is 2.28. The highest BCUT2D eigenvalue weighted by Crippen LogP contribution is 2.25. The highest BCUT2D eigenvalue weighted by molar-refractivity contribution is 5.98. The number of benzene rings is 1. The van der Waals surface area contributed by atoms with Crippen molar-refractivity contribution in [3.05, 3.63) is 44.7 Å². The van der Waals surface area contributed by atoms with Crippen molar-refractivity contribution in [2.75, 3.05) is 0 Å². The molecule has 0 atom stereocenters. The van der Waals surface area contributed by atoms with Gasteiger partial charge in [0, 0.05) is 12.4 Å². The monoisotopic (exact) mass is 245 g/mol. The van der Waals surface area contributed by atoms with Gasteiger partial charge in [-0.3, -0.25) is 4.79 Å². The molecule has 0 aliphatic heterocycles. The summed E-state index contributed by atoms with van der Waals surface area (Å²) in [6.45, 7) is 5.53. The first-order chi connectivity index (χ1) is 8.36. The van der Waals surface area contributed by atoms with Crippen LogP contribution in [-0.4, -0.2) is 15.6 Å². The topological polar surface area (TPSA) is 59.3 Å². The predicted molar refractivity (Wildman–Crippen MR) is 70.4 cm³/mol. The zero-order chi connectivity index (χ0) is 13.6. The van der Waals surface area contributed by atoms with Crippen molar-refractivity contribution in [1.82, 2.24) is 4.57 Å². The molecule has 0 fully saturated rings. The molecule has 4 heteroatoms. The fraction of sp³-hybridized carbons (Fsp3) is 0.286. The van der Waals surface area contributed by atoms with Crippen LogP contribution in [-0.2, 0) is 7.05 Å². The summed E-state index contributed by atoms with van der Waals surface area (Å²) < 4.78 is 1.42. The second-order valence-electron chi connectivity index (χ2n) is 4.59. The number of nitrogens with zero attached hydrogens (tertiary/aromatic N) is 1. The van der Waals surface area contributed by atoms with Crippen LogP contribution in [0.5, 0.6) is 0 Å². The van der Waals surface area contributed by atoms with Crippen LogP contribution in [0.15, 0.2) is 16.9 Å². The van der Waals surface area contributed by atoms with Gasteiger partial charge in [-0.05, 0) is 37.5 Å². The van der Waals surface area contributed by atoms with Gasteiger partial charge < -0.3 is 9.67 Å². The Morgan fingerprint density at radius 2 is 1.72 bits per heavy atom. The fourth-order valence-electron chi connectivity index (χ4n) is 2.51. The van der Waals surface area contributed by atoms with E-state index in [4.69, 9.17) is 0 Å². The molecular formula is C14H15NO3. The van der Waals surface area contributed by atoms with Crippen LogP contribution >= 0.6 is 0 Å².